The summed E-state index contributed by atoms with van der Waals surface area (Å²) < 4.78 is 7.16. The first-order valence-corrected chi connectivity index (χ1v) is 8.78. The molecular weight excluding hydrogens is 328 g/mol. The van der Waals surface area contributed by atoms with Crippen molar-refractivity contribution in [3.05, 3.63) is 46.4 Å². The van der Waals surface area contributed by atoms with Gasteiger partial charge in [-0.2, -0.15) is 5.10 Å². The number of methoxy groups -OCH3 is 1. The van der Waals surface area contributed by atoms with Gasteiger partial charge in [0.15, 0.2) is 0 Å². The van der Waals surface area contributed by atoms with Crippen molar-refractivity contribution in [2.75, 3.05) is 7.11 Å². The van der Waals surface area contributed by atoms with Crippen LogP contribution in [0.5, 0.6) is 5.75 Å². The van der Waals surface area contributed by atoms with E-state index in [1.54, 1.807) is 7.11 Å². The Morgan fingerprint density at radius 1 is 1.35 bits per heavy atom. The zero-order chi connectivity index (χ0) is 19.0. The van der Waals surface area contributed by atoms with Gasteiger partial charge in [-0.3, -0.25) is 9.48 Å². The molecule has 0 unspecified atom stereocenters. The number of H-pyrrole nitrogens is 1. The maximum atomic E-state index is 12.8. The van der Waals surface area contributed by atoms with Gasteiger partial charge in [0.25, 0.3) is 5.91 Å². The Balaban J connectivity index is 1.79. The van der Waals surface area contributed by atoms with Gasteiger partial charge < -0.3 is 15.0 Å². The number of nitrogens with zero attached hydrogens (tertiary/aromatic N) is 2. The molecule has 3 aromatic rings. The molecule has 1 aromatic carbocycles. The van der Waals surface area contributed by atoms with Crippen LogP contribution in [0.25, 0.3) is 10.9 Å². The van der Waals surface area contributed by atoms with Crippen LogP contribution in [0.3, 0.4) is 0 Å². The number of nitrogens with one attached hydrogen (secondary N) is 2. The molecule has 2 heterocycles. The number of rotatable bonds is 5. The second kappa shape index (κ2) is 6.86. The van der Waals surface area contributed by atoms with Gasteiger partial charge in [-0.15, -0.1) is 0 Å². The van der Waals surface area contributed by atoms with Gasteiger partial charge >= 0.3 is 0 Å². The van der Waals surface area contributed by atoms with Crippen LogP contribution in [0.2, 0.25) is 0 Å². The molecular formula is C20H26N4O2. The van der Waals surface area contributed by atoms with E-state index >= 15 is 0 Å². The predicted molar refractivity (Wildman–Crippen MR) is 103 cm³/mol. The number of hydrogen-bond donors (Lipinski definition) is 2. The molecule has 0 aliphatic carbocycles. The fraction of sp³-hybridized carbons (Fsp3) is 0.400. The Kier molecular flexibility index (Phi) is 4.76. The lowest BCUT2D eigenvalue weighted by molar-refractivity contribution is 0.0935. The minimum atomic E-state index is -0.0932. The number of carbonyl (C=O) groups excluding carboxylic acids is 1. The molecule has 0 aliphatic rings. The van der Waals surface area contributed by atoms with Crippen molar-refractivity contribution < 1.29 is 9.53 Å². The SMILES string of the molecule is COc1ccc2[nH]c(C(=O)N[C@@H](C)Cc3c(C)nn(C)c3C)c(C)c2c1. The van der Waals surface area contributed by atoms with Crippen LogP contribution >= 0.6 is 0 Å². The highest BCUT2D eigenvalue weighted by molar-refractivity contribution is 6.01. The molecule has 3 rings (SSSR count). The molecule has 2 N–H and O–H groups in total. The molecule has 0 bridgehead atoms. The average molecular weight is 354 g/mol. The van der Waals surface area contributed by atoms with E-state index in [0.29, 0.717) is 5.69 Å². The summed E-state index contributed by atoms with van der Waals surface area (Å²) in [6.45, 7) is 8.03. The summed E-state index contributed by atoms with van der Waals surface area (Å²) in [4.78, 5) is 16.0. The number of fused-ring (bicyclic) bond motifs is 1. The second-order valence-electron chi connectivity index (χ2n) is 6.89. The standard InChI is InChI=1S/C20H26N4O2/c1-11(9-17-13(3)23-24(5)14(17)4)21-20(25)19-12(2)16-10-15(26-6)7-8-18(16)22-19/h7-8,10-11,22H,9H2,1-6H3,(H,21,25)/t11-/m0/s1. The highest BCUT2D eigenvalue weighted by atomic mass is 16.5. The van der Waals surface area contributed by atoms with Crippen molar-refractivity contribution in [2.45, 2.75) is 40.2 Å². The van der Waals surface area contributed by atoms with Crippen molar-refractivity contribution in [1.29, 1.82) is 0 Å². The third-order valence-corrected chi connectivity index (χ3v) is 5.04. The van der Waals surface area contributed by atoms with Gasteiger partial charge in [0, 0.05) is 29.7 Å². The first-order valence-electron chi connectivity index (χ1n) is 8.78. The van der Waals surface area contributed by atoms with Crippen LogP contribution in [0.15, 0.2) is 18.2 Å². The Hall–Kier alpha value is -2.76. The van der Waals surface area contributed by atoms with E-state index < -0.39 is 0 Å². The van der Waals surface area contributed by atoms with Crippen molar-refractivity contribution in [2.24, 2.45) is 7.05 Å². The number of ether oxygens (including phenoxy) is 1. The van der Waals surface area contributed by atoms with E-state index in [2.05, 4.69) is 22.3 Å². The molecule has 1 amide bonds. The van der Waals surface area contributed by atoms with E-state index in [1.807, 2.05) is 50.7 Å². The van der Waals surface area contributed by atoms with E-state index in [4.69, 9.17) is 4.74 Å². The Labute approximate surface area is 153 Å². The van der Waals surface area contributed by atoms with Crippen LogP contribution in [0, 0.1) is 20.8 Å². The lowest BCUT2D eigenvalue weighted by Crippen LogP contribution is -2.34. The number of aromatic nitrogens is 3. The second-order valence-corrected chi connectivity index (χ2v) is 6.89. The number of aromatic amines is 1. The van der Waals surface area contributed by atoms with Crippen LogP contribution in [-0.2, 0) is 13.5 Å². The smallest absolute Gasteiger partial charge is 0.268 e. The first-order chi connectivity index (χ1) is 12.3. The third kappa shape index (κ3) is 3.19. The maximum Gasteiger partial charge on any atom is 0.268 e. The summed E-state index contributed by atoms with van der Waals surface area (Å²) in [6, 6.07) is 5.77. The highest BCUT2D eigenvalue weighted by Crippen LogP contribution is 2.26. The van der Waals surface area contributed by atoms with Gasteiger partial charge in [-0.05, 0) is 63.4 Å². The molecule has 0 aliphatic heterocycles. The average Bonchev–Trinajstić information content (AvgIpc) is 3.06. The Bertz CT molecular complexity index is 968. The fourth-order valence-electron chi connectivity index (χ4n) is 3.43. The van der Waals surface area contributed by atoms with Crippen LogP contribution in [0.1, 0.15) is 39.9 Å². The van der Waals surface area contributed by atoms with Gasteiger partial charge in [0.05, 0.1) is 12.8 Å². The molecule has 2 aromatic heterocycles. The zero-order valence-electron chi connectivity index (χ0n) is 16.2. The Morgan fingerprint density at radius 3 is 2.69 bits per heavy atom. The molecule has 138 valence electrons. The van der Waals surface area contributed by atoms with Gasteiger partial charge in [-0.1, -0.05) is 0 Å². The number of benzene rings is 1. The number of hydrogen-bond acceptors (Lipinski definition) is 3. The molecule has 6 nitrogen and oxygen atoms in total. The Morgan fingerprint density at radius 2 is 2.08 bits per heavy atom. The van der Waals surface area contributed by atoms with E-state index in [0.717, 1.165) is 40.0 Å². The minimum Gasteiger partial charge on any atom is -0.497 e. The molecule has 0 saturated carbocycles. The monoisotopic (exact) mass is 354 g/mol. The zero-order valence-corrected chi connectivity index (χ0v) is 16.2. The van der Waals surface area contributed by atoms with Gasteiger partial charge in [0.2, 0.25) is 0 Å². The molecule has 6 heteroatoms. The normalized spacial score (nSPS) is 12.4. The van der Waals surface area contributed by atoms with Crippen molar-refractivity contribution in [3.8, 4) is 5.75 Å². The summed E-state index contributed by atoms with van der Waals surface area (Å²) in [5.41, 5.74) is 5.80. The predicted octanol–water partition coefficient (Wildman–Crippen LogP) is 3.20. The molecule has 0 spiro atoms. The van der Waals surface area contributed by atoms with Crippen LogP contribution in [0.4, 0.5) is 0 Å². The van der Waals surface area contributed by atoms with Crippen LogP contribution < -0.4 is 10.1 Å². The number of amides is 1. The minimum absolute atomic E-state index is 0.00412. The van der Waals surface area contributed by atoms with Crippen LogP contribution in [-0.4, -0.2) is 33.8 Å². The fourth-order valence-corrected chi connectivity index (χ4v) is 3.43. The van der Waals surface area contributed by atoms with Crippen molar-refractivity contribution >= 4 is 16.8 Å². The topological polar surface area (TPSA) is 71.9 Å². The van der Waals surface area contributed by atoms with Gasteiger partial charge in [0.1, 0.15) is 11.4 Å². The maximum absolute atomic E-state index is 12.8. The number of aryl methyl sites for hydroxylation is 3. The van der Waals surface area contributed by atoms with E-state index in [-0.39, 0.29) is 11.9 Å². The summed E-state index contributed by atoms with van der Waals surface area (Å²) in [5.74, 6) is 0.687. The molecule has 26 heavy (non-hydrogen) atoms. The molecule has 0 fully saturated rings. The summed E-state index contributed by atoms with van der Waals surface area (Å²) in [6.07, 6.45) is 0.754. The van der Waals surface area contributed by atoms with Crippen molar-refractivity contribution in [3.63, 3.8) is 0 Å². The van der Waals surface area contributed by atoms with E-state index in [9.17, 15) is 4.79 Å². The summed E-state index contributed by atoms with van der Waals surface area (Å²) in [7, 11) is 3.58. The third-order valence-electron chi connectivity index (χ3n) is 5.04. The lowest BCUT2D eigenvalue weighted by atomic mass is 10.0. The van der Waals surface area contributed by atoms with E-state index in [1.165, 1.54) is 5.56 Å². The van der Waals surface area contributed by atoms with Gasteiger partial charge in [-0.25, -0.2) is 0 Å². The summed E-state index contributed by atoms with van der Waals surface area (Å²) in [5, 5.41) is 8.55. The lowest BCUT2D eigenvalue weighted by Gasteiger charge is -2.14. The highest BCUT2D eigenvalue weighted by Gasteiger charge is 2.19. The quantitative estimate of drug-likeness (QED) is 0.739. The summed E-state index contributed by atoms with van der Waals surface area (Å²) >= 11 is 0. The van der Waals surface area contributed by atoms with Crippen molar-refractivity contribution in [1.82, 2.24) is 20.1 Å². The molecule has 0 radical (unpaired) electrons. The largest absolute Gasteiger partial charge is 0.497 e. The molecule has 0 saturated heterocycles. The first kappa shape index (κ1) is 18.0. The molecule has 1 atom stereocenters. The number of carbonyl (C=O) groups is 1.